The van der Waals surface area contributed by atoms with E-state index in [9.17, 15) is 0 Å². The van der Waals surface area contributed by atoms with Crippen molar-refractivity contribution in [2.45, 2.75) is 46.3 Å². The number of hydrogen-bond acceptors (Lipinski definition) is 3. The van der Waals surface area contributed by atoms with Gasteiger partial charge in [-0.05, 0) is 60.0 Å². The van der Waals surface area contributed by atoms with E-state index in [2.05, 4.69) is 68.9 Å². The molecule has 0 aliphatic rings. The van der Waals surface area contributed by atoms with Gasteiger partial charge in [-0.2, -0.15) is 0 Å². The molecule has 0 saturated carbocycles. The van der Waals surface area contributed by atoms with Crippen molar-refractivity contribution in [1.82, 2.24) is 9.97 Å². The molecule has 4 rings (SSSR count). The number of pyridine rings is 2. The van der Waals surface area contributed by atoms with E-state index in [0.29, 0.717) is 11.6 Å². The van der Waals surface area contributed by atoms with Crippen LogP contribution in [0.25, 0.3) is 33.3 Å². The number of nitrogens with zero attached hydrogens (tertiary/aromatic N) is 2. The summed E-state index contributed by atoms with van der Waals surface area (Å²) in [5.74, 6) is 0.485. The van der Waals surface area contributed by atoms with E-state index in [-0.39, 0.29) is 0 Å². The molecular formula is C23H26N2OSi. The molecular weight excluding hydrogens is 348 g/mol. The number of hydrogen-bond donors (Lipinski definition) is 0. The Kier molecular flexibility index (Phi) is 4.19. The lowest BCUT2D eigenvalue weighted by Gasteiger charge is -2.23. The van der Waals surface area contributed by atoms with E-state index in [4.69, 9.17) is 9.40 Å². The Morgan fingerprint density at radius 2 is 1.74 bits per heavy atom. The first-order chi connectivity index (χ1) is 12.7. The SMILES string of the molecule is Cc1ccc2c(n1)oc1ccc(-c3cc(C(C)C)c([Si](C)(C)C)cn3)cc12. The lowest BCUT2D eigenvalue weighted by molar-refractivity contribution is 0.652. The second-order valence-electron chi connectivity index (χ2n) is 8.68. The number of aryl methyl sites for hydroxylation is 1. The molecule has 27 heavy (non-hydrogen) atoms. The maximum Gasteiger partial charge on any atom is 0.227 e. The average molecular weight is 375 g/mol. The fraction of sp³-hybridized carbons (Fsp3) is 0.304. The summed E-state index contributed by atoms with van der Waals surface area (Å²) in [6, 6.07) is 12.7. The highest BCUT2D eigenvalue weighted by Crippen LogP contribution is 2.32. The highest BCUT2D eigenvalue weighted by Gasteiger charge is 2.22. The lowest BCUT2D eigenvalue weighted by atomic mass is 10.0. The minimum Gasteiger partial charge on any atom is -0.438 e. The Hall–Kier alpha value is -2.46. The van der Waals surface area contributed by atoms with Gasteiger partial charge in [0.1, 0.15) is 5.58 Å². The first kappa shape index (κ1) is 17.9. The van der Waals surface area contributed by atoms with Crippen molar-refractivity contribution in [2.75, 3.05) is 0 Å². The molecule has 0 bridgehead atoms. The zero-order chi connectivity index (χ0) is 19.3. The molecule has 4 aromatic rings. The topological polar surface area (TPSA) is 38.9 Å². The summed E-state index contributed by atoms with van der Waals surface area (Å²) in [5.41, 5.74) is 6.11. The fourth-order valence-corrected chi connectivity index (χ4v) is 5.32. The van der Waals surface area contributed by atoms with Crippen LogP contribution in [0.5, 0.6) is 0 Å². The van der Waals surface area contributed by atoms with Crippen molar-refractivity contribution >= 4 is 35.3 Å². The second kappa shape index (κ2) is 6.31. The molecule has 0 aliphatic heterocycles. The molecule has 3 nitrogen and oxygen atoms in total. The van der Waals surface area contributed by atoms with E-state index in [1.54, 1.807) is 0 Å². The minimum absolute atomic E-state index is 0.485. The van der Waals surface area contributed by atoms with Crippen molar-refractivity contribution in [1.29, 1.82) is 0 Å². The van der Waals surface area contributed by atoms with E-state index in [1.807, 2.05) is 19.1 Å². The van der Waals surface area contributed by atoms with Gasteiger partial charge in [0, 0.05) is 28.2 Å². The summed E-state index contributed by atoms with van der Waals surface area (Å²) in [6.07, 6.45) is 2.11. The molecule has 0 amide bonds. The predicted octanol–water partition coefficient (Wildman–Crippen LogP) is 6.02. The van der Waals surface area contributed by atoms with Gasteiger partial charge < -0.3 is 4.42 Å². The molecule has 3 aromatic heterocycles. The van der Waals surface area contributed by atoms with Crippen LogP contribution in [-0.2, 0) is 0 Å². The first-order valence-corrected chi connectivity index (χ1v) is 13.0. The molecule has 4 heteroatoms. The zero-order valence-electron chi connectivity index (χ0n) is 16.9. The Labute approximate surface area is 161 Å². The molecule has 1 aromatic carbocycles. The Bertz CT molecular complexity index is 1150. The summed E-state index contributed by atoms with van der Waals surface area (Å²) in [4.78, 5) is 9.35. The van der Waals surface area contributed by atoms with Gasteiger partial charge in [0.25, 0.3) is 0 Å². The maximum absolute atomic E-state index is 5.92. The van der Waals surface area contributed by atoms with Gasteiger partial charge >= 0.3 is 0 Å². The smallest absolute Gasteiger partial charge is 0.227 e. The van der Waals surface area contributed by atoms with Crippen LogP contribution in [0.1, 0.15) is 31.0 Å². The normalized spacial score (nSPS) is 12.4. The van der Waals surface area contributed by atoms with Gasteiger partial charge in [0.05, 0.1) is 13.8 Å². The van der Waals surface area contributed by atoms with Gasteiger partial charge in [0.15, 0.2) is 0 Å². The van der Waals surface area contributed by atoms with E-state index >= 15 is 0 Å². The standard InChI is InChI=1S/C23H26N2OSi/c1-14(2)18-12-20(24-13-22(18)27(4,5)6)16-8-10-21-19(11-16)17-9-7-15(3)25-23(17)26-21/h7-14H,1-6H3. The summed E-state index contributed by atoms with van der Waals surface area (Å²) < 4.78 is 5.92. The Balaban J connectivity index is 1.89. The molecule has 0 fully saturated rings. The van der Waals surface area contributed by atoms with Crippen molar-refractivity contribution in [3.63, 3.8) is 0 Å². The molecule has 0 spiro atoms. The lowest BCUT2D eigenvalue weighted by Crippen LogP contribution is -2.40. The molecule has 0 radical (unpaired) electrons. The third kappa shape index (κ3) is 3.19. The van der Waals surface area contributed by atoms with Crippen LogP contribution in [-0.4, -0.2) is 18.0 Å². The van der Waals surface area contributed by atoms with Crippen LogP contribution in [0, 0.1) is 6.92 Å². The number of furan rings is 1. The number of benzene rings is 1. The van der Waals surface area contributed by atoms with Crippen LogP contribution in [0.3, 0.4) is 0 Å². The van der Waals surface area contributed by atoms with Crippen LogP contribution in [0.2, 0.25) is 19.6 Å². The Morgan fingerprint density at radius 3 is 2.44 bits per heavy atom. The van der Waals surface area contributed by atoms with Crippen LogP contribution in [0.15, 0.2) is 47.0 Å². The second-order valence-corrected chi connectivity index (χ2v) is 13.7. The van der Waals surface area contributed by atoms with Crippen molar-refractivity contribution < 1.29 is 4.42 Å². The monoisotopic (exact) mass is 374 g/mol. The van der Waals surface area contributed by atoms with Gasteiger partial charge in [-0.3, -0.25) is 4.98 Å². The maximum atomic E-state index is 5.92. The fourth-order valence-electron chi connectivity index (χ4n) is 3.64. The summed E-state index contributed by atoms with van der Waals surface area (Å²) in [7, 11) is -1.42. The molecule has 0 aliphatic carbocycles. The minimum atomic E-state index is -1.42. The number of fused-ring (bicyclic) bond motifs is 3. The van der Waals surface area contributed by atoms with Crippen molar-refractivity contribution in [3.8, 4) is 11.3 Å². The highest BCUT2D eigenvalue weighted by atomic mass is 28.3. The van der Waals surface area contributed by atoms with Crippen LogP contribution < -0.4 is 5.19 Å². The molecule has 0 atom stereocenters. The third-order valence-electron chi connectivity index (χ3n) is 5.14. The summed E-state index contributed by atoms with van der Waals surface area (Å²) >= 11 is 0. The average Bonchev–Trinajstić information content (AvgIpc) is 2.96. The van der Waals surface area contributed by atoms with E-state index in [0.717, 1.165) is 33.3 Å². The van der Waals surface area contributed by atoms with Gasteiger partial charge in [0.2, 0.25) is 5.71 Å². The van der Waals surface area contributed by atoms with E-state index in [1.165, 1.54) is 10.8 Å². The quantitative estimate of drug-likeness (QED) is 0.412. The molecule has 0 unspecified atom stereocenters. The van der Waals surface area contributed by atoms with E-state index < -0.39 is 8.07 Å². The van der Waals surface area contributed by atoms with Gasteiger partial charge in [-0.25, -0.2) is 4.98 Å². The Morgan fingerprint density at radius 1 is 0.963 bits per heavy atom. The molecule has 0 N–H and O–H groups in total. The largest absolute Gasteiger partial charge is 0.438 e. The van der Waals surface area contributed by atoms with Crippen LogP contribution >= 0.6 is 0 Å². The predicted molar refractivity (Wildman–Crippen MR) is 117 cm³/mol. The summed E-state index contributed by atoms with van der Waals surface area (Å²) in [5, 5.41) is 3.60. The van der Waals surface area contributed by atoms with Crippen molar-refractivity contribution in [3.05, 3.63) is 53.9 Å². The first-order valence-electron chi connectivity index (χ1n) is 9.55. The number of rotatable bonds is 3. The third-order valence-corrected chi connectivity index (χ3v) is 7.17. The van der Waals surface area contributed by atoms with Gasteiger partial charge in [-0.15, -0.1) is 0 Å². The zero-order valence-corrected chi connectivity index (χ0v) is 17.9. The van der Waals surface area contributed by atoms with Crippen LogP contribution in [0.4, 0.5) is 0 Å². The highest BCUT2D eigenvalue weighted by molar-refractivity contribution is 6.89. The van der Waals surface area contributed by atoms with Crippen molar-refractivity contribution in [2.24, 2.45) is 0 Å². The molecule has 138 valence electrons. The molecule has 3 heterocycles. The summed E-state index contributed by atoms with van der Waals surface area (Å²) in [6.45, 7) is 13.7. The van der Waals surface area contributed by atoms with Gasteiger partial charge in [-0.1, -0.05) is 33.5 Å². The number of aromatic nitrogens is 2. The molecule has 0 saturated heterocycles.